The van der Waals surface area contributed by atoms with Crippen molar-refractivity contribution in [3.63, 3.8) is 0 Å². The second-order valence-corrected chi connectivity index (χ2v) is 4.77. The number of nitrogens with zero attached hydrogens (tertiary/aromatic N) is 4. The lowest BCUT2D eigenvalue weighted by atomic mass is 10.3. The van der Waals surface area contributed by atoms with Crippen LogP contribution in [0.15, 0.2) is 34.5 Å². The molecule has 3 rings (SSSR count). The van der Waals surface area contributed by atoms with Crippen molar-refractivity contribution in [2.75, 3.05) is 5.12 Å². The highest BCUT2D eigenvalue weighted by atomic mass is 35.5. The molecule has 1 aromatic carbocycles. The number of thiol groups is 1. The number of aryl methyl sites for hydroxylation is 1. The highest BCUT2D eigenvalue weighted by Gasteiger charge is 2.09. The van der Waals surface area contributed by atoms with Crippen LogP contribution in [0.3, 0.4) is 0 Å². The summed E-state index contributed by atoms with van der Waals surface area (Å²) < 4.78 is 1.82. The maximum Gasteiger partial charge on any atom is 0.128 e. The summed E-state index contributed by atoms with van der Waals surface area (Å²) in [5, 5.41) is 9.09. The molecule has 0 amide bonds. The summed E-state index contributed by atoms with van der Waals surface area (Å²) in [5.41, 5.74) is 2.91. The lowest BCUT2D eigenvalue weighted by Crippen LogP contribution is -2.48. The fourth-order valence-corrected chi connectivity index (χ4v) is 2.19. The molecular weight excluding hydrogens is 270 g/mol. The quantitative estimate of drug-likeness (QED) is 0.750. The van der Waals surface area contributed by atoms with Crippen molar-refractivity contribution in [2.45, 2.75) is 11.9 Å². The number of nitrogens with one attached hydrogen (secondary N) is 1. The van der Waals surface area contributed by atoms with E-state index in [-0.39, 0.29) is 0 Å². The van der Waals surface area contributed by atoms with Crippen LogP contribution in [0.1, 0.15) is 5.82 Å². The largest absolute Gasteiger partial charge is 0.226 e. The van der Waals surface area contributed by atoms with Crippen molar-refractivity contribution in [1.82, 2.24) is 15.2 Å². The Labute approximate surface area is 114 Å². The van der Waals surface area contributed by atoms with Gasteiger partial charge in [-0.25, -0.2) is 9.66 Å². The Hall–Kier alpha value is -1.66. The fraction of sp³-hybridized carbons (Fsp3) is 0.0909. The molecule has 18 heavy (non-hydrogen) atoms. The molecule has 0 unspecified atom stereocenters. The smallest absolute Gasteiger partial charge is 0.128 e. The van der Waals surface area contributed by atoms with E-state index in [1.54, 1.807) is 11.3 Å². The number of benzene rings is 1. The third-order valence-electron chi connectivity index (χ3n) is 2.60. The van der Waals surface area contributed by atoms with Gasteiger partial charge >= 0.3 is 0 Å². The molecule has 0 spiro atoms. The molecule has 7 heteroatoms. The number of hydrogen-bond acceptors (Lipinski definition) is 5. The Morgan fingerprint density at radius 1 is 1.39 bits per heavy atom. The zero-order valence-corrected chi connectivity index (χ0v) is 11.2. The van der Waals surface area contributed by atoms with E-state index >= 15 is 0 Å². The average Bonchev–Trinajstić information content (AvgIpc) is 2.68. The van der Waals surface area contributed by atoms with Crippen LogP contribution in [0.2, 0.25) is 5.02 Å². The van der Waals surface area contributed by atoms with Crippen molar-refractivity contribution in [3.05, 3.63) is 45.8 Å². The van der Waals surface area contributed by atoms with Gasteiger partial charge in [0.15, 0.2) is 0 Å². The van der Waals surface area contributed by atoms with E-state index in [4.69, 9.17) is 11.6 Å². The molecule has 0 fully saturated rings. The zero-order chi connectivity index (χ0) is 12.7. The van der Waals surface area contributed by atoms with Crippen LogP contribution < -0.4 is 21.2 Å². The van der Waals surface area contributed by atoms with E-state index in [1.807, 2.05) is 36.0 Å². The van der Waals surface area contributed by atoms with Gasteiger partial charge < -0.3 is 0 Å². The van der Waals surface area contributed by atoms with Gasteiger partial charge in [0.1, 0.15) is 10.9 Å². The third kappa shape index (κ3) is 1.93. The maximum atomic E-state index is 5.92. The van der Waals surface area contributed by atoms with Crippen LogP contribution in [-0.2, 0) is 0 Å². The summed E-state index contributed by atoms with van der Waals surface area (Å²) in [5.74, 6) is 0.816. The van der Waals surface area contributed by atoms with Crippen LogP contribution in [0.25, 0.3) is 6.20 Å². The Kier molecular flexibility index (Phi) is 2.68. The van der Waals surface area contributed by atoms with Gasteiger partial charge in [-0.05, 0) is 25.1 Å². The monoisotopic (exact) mass is 279 g/mol. The molecule has 1 aliphatic heterocycles. The van der Waals surface area contributed by atoms with Gasteiger partial charge in [0.25, 0.3) is 0 Å². The molecule has 0 aliphatic carbocycles. The van der Waals surface area contributed by atoms with Gasteiger partial charge in [-0.3, -0.25) is 0 Å². The van der Waals surface area contributed by atoms with Gasteiger partial charge in [0, 0.05) is 10.2 Å². The standard InChI is InChI=1S/C11H10ClN5S/c1-7-13-11(18)6-16(7)17-5-8-2-3-9(12)4-10(8)14-15-17/h2-6,15,18H,1H3. The Morgan fingerprint density at radius 3 is 2.94 bits per heavy atom. The van der Waals surface area contributed by atoms with E-state index in [0.717, 1.165) is 16.4 Å². The van der Waals surface area contributed by atoms with Gasteiger partial charge in [-0.15, -0.1) is 12.6 Å². The maximum absolute atomic E-state index is 5.92. The number of hydrazine groups is 1. The van der Waals surface area contributed by atoms with Crippen molar-refractivity contribution in [2.24, 2.45) is 5.10 Å². The topological polar surface area (TPSA) is 45.5 Å². The molecule has 2 aromatic rings. The molecule has 1 N–H and O–H groups in total. The molecule has 1 aromatic heterocycles. The SMILES string of the molecule is Cc1nc(S)cn1N1C=c2ccc(Cl)cc2=NN1. The number of aromatic nitrogens is 2. The number of fused-ring (bicyclic) bond motifs is 1. The van der Waals surface area contributed by atoms with Crippen molar-refractivity contribution >= 4 is 30.4 Å². The van der Waals surface area contributed by atoms with Crippen molar-refractivity contribution in [1.29, 1.82) is 0 Å². The lowest BCUT2D eigenvalue weighted by molar-refractivity contribution is 0.561. The predicted octanol–water partition coefficient (Wildman–Crippen LogP) is 0.563. The Bertz CT molecular complexity index is 724. The lowest BCUT2D eigenvalue weighted by Gasteiger charge is -2.23. The summed E-state index contributed by atoms with van der Waals surface area (Å²) >= 11 is 10.1. The van der Waals surface area contributed by atoms with Gasteiger partial charge in [-0.1, -0.05) is 11.6 Å². The number of rotatable bonds is 1. The third-order valence-corrected chi connectivity index (χ3v) is 3.06. The average molecular weight is 280 g/mol. The second-order valence-electron chi connectivity index (χ2n) is 3.88. The van der Waals surface area contributed by atoms with Crippen LogP contribution in [0.4, 0.5) is 0 Å². The molecule has 92 valence electrons. The fourth-order valence-electron chi connectivity index (χ4n) is 1.77. The number of hydrogen-bond donors (Lipinski definition) is 2. The molecule has 0 bridgehead atoms. The predicted molar refractivity (Wildman–Crippen MR) is 72.3 cm³/mol. The number of halogens is 1. The summed E-state index contributed by atoms with van der Waals surface area (Å²) in [6.07, 6.45) is 3.72. The van der Waals surface area contributed by atoms with E-state index in [2.05, 4.69) is 28.2 Å². The molecule has 0 atom stereocenters. The minimum atomic E-state index is 0.657. The van der Waals surface area contributed by atoms with E-state index in [1.165, 1.54) is 0 Å². The minimum absolute atomic E-state index is 0.657. The highest BCUT2D eigenvalue weighted by molar-refractivity contribution is 7.80. The first-order valence-corrected chi connectivity index (χ1v) is 6.11. The van der Waals surface area contributed by atoms with E-state index in [0.29, 0.717) is 10.0 Å². The normalized spacial score (nSPS) is 13.4. The Balaban J connectivity index is 2.09. The summed E-state index contributed by atoms with van der Waals surface area (Å²) in [4.78, 5) is 4.22. The van der Waals surface area contributed by atoms with E-state index in [9.17, 15) is 0 Å². The van der Waals surface area contributed by atoms with Gasteiger partial charge in [0.05, 0.1) is 17.8 Å². The second kappa shape index (κ2) is 4.22. The highest BCUT2D eigenvalue weighted by Crippen LogP contribution is 2.07. The van der Waals surface area contributed by atoms with Crippen molar-refractivity contribution < 1.29 is 0 Å². The molecule has 1 aliphatic rings. The Morgan fingerprint density at radius 2 is 2.22 bits per heavy atom. The molecule has 0 saturated carbocycles. The molecule has 2 heterocycles. The van der Waals surface area contributed by atoms with Crippen LogP contribution in [0, 0.1) is 6.92 Å². The molecule has 0 saturated heterocycles. The summed E-state index contributed by atoms with van der Waals surface area (Å²) in [6, 6.07) is 5.56. The number of imidazole rings is 1. The molecule has 5 nitrogen and oxygen atoms in total. The van der Waals surface area contributed by atoms with Gasteiger partial charge in [-0.2, -0.15) is 15.8 Å². The first-order valence-electron chi connectivity index (χ1n) is 5.29. The summed E-state index contributed by atoms with van der Waals surface area (Å²) in [7, 11) is 0. The van der Waals surface area contributed by atoms with Crippen LogP contribution in [-0.4, -0.2) is 9.66 Å². The summed E-state index contributed by atoms with van der Waals surface area (Å²) in [6.45, 7) is 1.90. The zero-order valence-electron chi connectivity index (χ0n) is 9.50. The first-order chi connectivity index (χ1) is 8.63. The van der Waals surface area contributed by atoms with Crippen LogP contribution in [0.5, 0.6) is 0 Å². The van der Waals surface area contributed by atoms with E-state index < -0.39 is 0 Å². The first kappa shape index (κ1) is 11.4. The molecule has 0 radical (unpaired) electrons. The van der Waals surface area contributed by atoms with Gasteiger partial charge in [0.2, 0.25) is 0 Å². The minimum Gasteiger partial charge on any atom is -0.226 e. The van der Waals surface area contributed by atoms with Crippen molar-refractivity contribution in [3.8, 4) is 0 Å². The molecular formula is C11H10ClN5S. The van der Waals surface area contributed by atoms with Crippen LogP contribution >= 0.6 is 24.2 Å².